The van der Waals surface area contributed by atoms with E-state index in [9.17, 15) is 9.90 Å². The lowest BCUT2D eigenvalue weighted by atomic mass is 9.95. The normalized spacial score (nSPS) is 13.9. The van der Waals surface area contributed by atoms with Gasteiger partial charge >= 0.3 is 5.97 Å². The maximum Gasteiger partial charge on any atom is 0.317 e. The first kappa shape index (κ1) is 30.4. The van der Waals surface area contributed by atoms with Gasteiger partial charge in [0.1, 0.15) is 11.3 Å². The highest BCUT2D eigenvalue weighted by Gasteiger charge is 2.15. The molecule has 0 saturated carbocycles. The fourth-order valence-electron chi connectivity index (χ4n) is 5.56. The zero-order valence-electron chi connectivity index (χ0n) is 25.3. The maximum absolute atomic E-state index is 11.2. The number of rotatable bonds is 13. The van der Waals surface area contributed by atoms with Crippen molar-refractivity contribution in [1.82, 2.24) is 19.8 Å². The molecular formula is C34H41N5O4. The molecular weight excluding hydrogens is 542 g/mol. The fourth-order valence-corrected chi connectivity index (χ4v) is 5.56. The Hall–Kier alpha value is -4.05. The number of fused-ring (bicyclic) bond motifs is 1. The van der Waals surface area contributed by atoms with Crippen LogP contribution in [0, 0.1) is 13.8 Å². The highest BCUT2D eigenvalue weighted by molar-refractivity contribution is 5.91. The van der Waals surface area contributed by atoms with Crippen LogP contribution < -0.4 is 10.1 Å². The quantitative estimate of drug-likeness (QED) is 0.193. The Morgan fingerprint density at radius 1 is 1.07 bits per heavy atom. The van der Waals surface area contributed by atoms with Crippen molar-refractivity contribution < 1.29 is 19.4 Å². The Morgan fingerprint density at radius 2 is 1.84 bits per heavy atom. The van der Waals surface area contributed by atoms with Gasteiger partial charge in [0.05, 0.1) is 26.4 Å². The number of hydrogen-bond acceptors (Lipinski definition) is 8. The molecule has 43 heavy (non-hydrogen) atoms. The second kappa shape index (κ2) is 14.4. The number of carbonyl (C=O) groups is 1. The Morgan fingerprint density at radius 3 is 2.60 bits per heavy atom. The number of morpholine rings is 1. The predicted molar refractivity (Wildman–Crippen MR) is 170 cm³/mol. The summed E-state index contributed by atoms with van der Waals surface area (Å²) in [6, 6.07) is 16.5. The average molecular weight is 584 g/mol. The van der Waals surface area contributed by atoms with E-state index >= 15 is 0 Å². The number of carboxylic acid groups (broad SMARTS) is 1. The molecule has 2 N–H and O–H groups in total. The van der Waals surface area contributed by atoms with Crippen LogP contribution in [0.1, 0.15) is 30.0 Å². The smallest absolute Gasteiger partial charge is 0.317 e. The van der Waals surface area contributed by atoms with Gasteiger partial charge in [0.2, 0.25) is 0 Å². The van der Waals surface area contributed by atoms with Gasteiger partial charge in [0.25, 0.3) is 0 Å². The van der Waals surface area contributed by atoms with E-state index < -0.39 is 5.97 Å². The topological polar surface area (TPSA) is 100 Å². The molecule has 0 bridgehead atoms. The second-order valence-electron chi connectivity index (χ2n) is 11.0. The summed E-state index contributed by atoms with van der Waals surface area (Å²) < 4.78 is 11.7. The molecule has 9 heteroatoms. The number of aliphatic carboxylic acids is 1. The van der Waals surface area contributed by atoms with E-state index in [0.29, 0.717) is 25.5 Å². The standard InChI is InChI=1S/C34H41N5O4/c1-4-38(23-32(40)41)22-26-20-27-12-13-35-34(33(27)36-21-26)37-30-10-5-8-28(24(30)2)29-9-6-11-31(25(29)3)43-17-7-14-39-15-18-42-19-16-39/h5-6,8-13,20-21H,4,7,14-19,22-23H2,1-3H3,(H,35,37)(H,40,41). The lowest BCUT2D eigenvalue weighted by Crippen LogP contribution is -2.37. The van der Waals surface area contributed by atoms with Crippen molar-refractivity contribution in [3.8, 4) is 16.9 Å². The van der Waals surface area contributed by atoms with Gasteiger partial charge in [-0.1, -0.05) is 31.2 Å². The zero-order valence-corrected chi connectivity index (χ0v) is 25.3. The molecule has 5 rings (SSSR count). The molecule has 1 aliphatic rings. The molecule has 9 nitrogen and oxygen atoms in total. The molecule has 3 heterocycles. The van der Waals surface area contributed by atoms with Gasteiger partial charge in [-0.2, -0.15) is 0 Å². The van der Waals surface area contributed by atoms with Crippen molar-refractivity contribution >= 4 is 28.4 Å². The third kappa shape index (κ3) is 7.67. The van der Waals surface area contributed by atoms with E-state index in [-0.39, 0.29) is 6.54 Å². The van der Waals surface area contributed by atoms with E-state index in [1.165, 1.54) is 0 Å². The Balaban J connectivity index is 1.31. The summed E-state index contributed by atoms with van der Waals surface area (Å²) in [4.78, 5) is 24.8. The van der Waals surface area contributed by atoms with E-state index in [4.69, 9.17) is 14.5 Å². The third-order valence-electron chi connectivity index (χ3n) is 8.01. The Labute approximate surface area is 253 Å². The van der Waals surface area contributed by atoms with Crippen molar-refractivity contribution in [3.63, 3.8) is 0 Å². The first-order chi connectivity index (χ1) is 20.9. The number of nitrogens with zero attached hydrogens (tertiary/aromatic N) is 4. The summed E-state index contributed by atoms with van der Waals surface area (Å²) in [5.41, 5.74) is 7.19. The molecule has 0 unspecified atom stereocenters. The van der Waals surface area contributed by atoms with E-state index in [0.717, 1.165) is 89.4 Å². The molecule has 0 atom stereocenters. The lowest BCUT2D eigenvalue weighted by Gasteiger charge is -2.26. The number of carboxylic acids is 1. The molecule has 0 amide bonds. The molecule has 1 aliphatic heterocycles. The second-order valence-corrected chi connectivity index (χ2v) is 11.0. The highest BCUT2D eigenvalue weighted by atomic mass is 16.5. The van der Waals surface area contributed by atoms with Gasteiger partial charge < -0.3 is 19.9 Å². The SMILES string of the molecule is CCN(CC(=O)O)Cc1cnc2c(Nc3cccc(-c4cccc(OCCCN5CCOCC5)c4C)c3C)nccc2c1. The van der Waals surface area contributed by atoms with Crippen LogP contribution in [0.25, 0.3) is 22.0 Å². The Bertz CT molecular complexity index is 1550. The third-order valence-corrected chi connectivity index (χ3v) is 8.01. The number of anilines is 2. The first-order valence-electron chi connectivity index (χ1n) is 15.0. The number of hydrogen-bond donors (Lipinski definition) is 2. The first-order valence-corrected chi connectivity index (χ1v) is 15.0. The monoisotopic (exact) mass is 583 g/mol. The van der Waals surface area contributed by atoms with Crippen molar-refractivity contribution in [2.75, 3.05) is 57.9 Å². The van der Waals surface area contributed by atoms with Crippen LogP contribution in [0.15, 0.2) is 60.9 Å². The minimum Gasteiger partial charge on any atom is -0.493 e. The molecule has 1 fully saturated rings. The number of nitrogens with one attached hydrogen (secondary N) is 1. The maximum atomic E-state index is 11.2. The fraction of sp³-hybridized carbons (Fsp3) is 0.382. The molecule has 1 saturated heterocycles. The van der Waals surface area contributed by atoms with Crippen LogP contribution in [0.2, 0.25) is 0 Å². The molecule has 0 aliphatic carbocycles. The highest BCUT2D eigenvalue weighted by Crippen LogP contribution is 2.36. The predicted octanol–water partition coefficient (Wildman–Crippen LogP) is 5.66. The van der Waals surface area contributed by atoms with Crippen LogP contribution in [-0.2, 0) is 16.1 Å². The van der Waals surface area contributed by atoms with Crippen LogP contribution in [0.3, 0.4) is 0 Å². The molecule has 2 aromatic carbocycles. The molecule has 0 radical (unpaired) electrons. The number of benzene rings is 2. The van der Waals surface area contributed by atoms with Crippen LogP contribution in [0.5, 0.6) is 5.75 Å². The number of ether oxygens (including phenoxy) is 2. The summed E-state index contributed by atoms with van der Waals surface area (Å²) in [5, 5.41) is 13.7. The van der Waals surface area contributed by atoms with Crippen molar-refractivity contribution in [2.24, 2.45) is 0 Å². The van der Waals surface area contributed by atoms with E-state index in [2.05, 4.69) is 65.4 Å². The minimum atomic E-state index is -0.835. The van der Waals surface area contributed by atoms with E-state index in [1.807, 2.05) is 24.0 Å². The minimum absolute atomic E-state index is 0.00323. The van der Waals surface area contributed by atoms with Gasteiger partial charge in [-0.25, -0.2) is 4.98 Å². The molecule has 2 aromatic heterocycles. The van der Waals surface area contributed by atoms with Crippen LogP contribution in [0.4, 0.5) is 11.5 Å². The number of likely N-dealkylation sites (N-methyl/N-ethyl adjacent to an activating group) is 1. The zero-order chi connectivity index (χ0) is 30.2. The largest absolute Gasteiger partial charge is 0.493 e. The summed E-state index contributed by atoms with van der Waals surface area (Å²) in [6.07, 6.45) is 4.56. The van der Waals surface area contributed by atoms with Crippen molar-refractivity contribution in [1.29, 1.82) is 0 Å². The number of pyridine rings is 2. The number of aromatic nitrogens is 2. The average Bonchev–Trinajstić information content (AvgIpc) is 3.01. The lowest BCUT2D eigenvalue weighted by molar-refractivity contribution is -0.138. The Kier molecular flexibility index (Phi) is 10.2. The van der Waals surface area contributed by atoms with Gasteiger partial charge in [-0.3, -0.25) is 19.6 Å². The van der Waals surface area contributed by atoms with E-state index in [1.54, 1.807) is 12.4 Å². The van der Waals surface area contributed by atoms with Gasteiger partial charge in [-0.15, -0.1) is 0 Å². The summed E-state index contributed by atoms with van der Waals surface area (Å²) in [6.45, 7) is 12.7. The summed E-state index contributed by atoms with van der Waals surface area (Å²) >= 11 is 0. The van der Waals surface area contributed by atoms with Gasteiger partial charge in [0.15, 0.2) is 5.82 Å². The van der Waals surface area contributed by atoms with Crippen LogP contribution >= 0.6 is 0 Å². The summed E-state index contributed by atoms with van der Waals surface area (Å²) in [5.74, 6) is 0.757. The summed E-state index contributed by atoms with van der Waals surface area (Å²) in [7, 11) is 0. The van der Waals surface area contributed by atoms with Crippen molar-refractivity contribution in [3.05, 3.63) is 77.6 Å². The molecule has 4 aromatic rings. The van der Waals surface area contributed by atoms with Gasteiger partial charge in [0, 0.05) is 49.6 Å². The molecule has 0 spiro atoms. The molecule has 226 valence electrons. The van der Waals surface area contributed by atoms with Gasteiger partial charge in [-0.05, 0) is 78.9 Å². The van der Waals surface area contributed by atoms with Crippen molar-refractivity contribution in [2.45, 2.75) is 33.7 Å². The van der Waals surface area contributed by atoms with Crippen LogP contribution in [-0.4, -0.2) is 83.4 Å².